The number of aryl methyl sites for hydroxylation is 3. The fourth-order valence-electron chi connectivity index (χ4n) is 3.42. The number of carbonyl (C=O) groups is 1. The third kappa shape index (κ3) is 3.52. The molecule has 2 aromatic heterocycles. The number of piperidine rings is 1. The highest BCUT2D eigenvalue weighted by Gasteiger charge is 2.25. The molecule has 130 valence electrons. The highest BCUT2D eigenvalue weighted by molar-refractivity contribution is 5.76. The van der Waals surface area contributed by atoms with Gasteiger partial charge in [-0.2, -0.15) is 0 Å². The van der Waals surface area contributed by atoms with E-state index >= 15 is 0 Å². The second kappa shape index (κ2) is 7.20. The number of nitrogens with zero attached hydrogens (tertiary/aromatic N) is 3. The van der Waals surface area contributed by atoms with Gasteiger partial charge in [0.1, 0.15) is 11.5 Å². The molecule has 3 heterocycles. The lowest BCUT2D eigenvalue weighted by atomic mass is 9.99. The van der Waals surface area contributed by atoms with Crippen LogP contribution in [-0.2, 0) is 11.2 Å². The van der Waals surface area contributed by atoms with Crippen molar-refractivity contribution in [1.82, 2.24) is 15.1 Å². The van der Waals surface area contributed by atoms with Gasteiger partial charge in [0.2, 0.25) is 11.8 Å². The Morgan fingerprint density at radius 1 is 1.29 bits per heavy atom. The highest BCUT2D eigenvalue weighted by atomic mass is 16.4. The number of likely N-dealkylation sites (tertiary alicyclic amines) is 1. The zero-order valence-corrected chi connectivity index (χ0v) is 14.7. The van der Waals surface area contributed by atoms with Crippen LogP contribution in [0.2, 0.25) is 0 Å². The Labute approximate surface area is 142 Å². The van der Waals surface area contributed by atoms with Gasteiger partial charge in [-0.05, 0) is 45.6 Å². The zero-order valence-electron chi connectivity index (χ0n) is 14.7. The van der Waals surface area contributed by atoms with E-state index in [2.05, 4.69) is 17.1 Å². The van der Waals surface area contributed by atoms with Crippen molar-refractivity contribution in [3.05, 3.63) is 23.5 Å². The molecule has 0 radical (unpaired) electrons. The van der Waals surface area contributed by atoms with Gasteiger partial charge in [0.05, 0.1) is 5.56 Å². The number of hydrogen-bond acceptors (Lipinski definition) is 5. The summed E-state index contributed by atoms with van der Waals surface area (Å²) < 4.78 is 11.2. The number of rotatable bonds is 5. The monoisotopic (exact) mass is 331 g/mol. The van der Waals surface area contributed by atoms with Crippen LogP contribution >= 0.6 is 0 Å². The Morgan fingerprint density at radius 2 is 2.12 bits per heavy atom. The standard InChI is InChI=1S/C18H25N3O3/c1-4-14-7-5-6-10-21(14)17(22)9-8-16-19-20-18(24-16)15-11-12(2)23-13(15)3/h11,14H,4-10H2,1-3H3. The summed E-state index contributed by atoms with van der Waals surface area (Å²) >= 11 is 0. The molecule has 0 spiro atoms. The van der Waals surface area contributed by atoms with Gasteiger partial charge in [0.25, 0.3) is 5.89 Å². The molecule has 1 aliphatic rings. The molecule has 24 heavy (non-hydrogen) atoms. The van der Waals surface area contributed by atoms with E-state index in [0.29, 0.717) is 30.7 Å². The zero-order chi connectivity index (χ0) is 17.1. The van der Waals surface area contributed by atoms with Crippen LogP contribution in [0.4, 0.5) is 0 Å². The van der Waals surface area contributed by atoms with Crippen LogP contribution < -0.4 is 0 Å². The molecule has 1 amide bonds. The minimum atomic E-state index is 0.191. The van der Waals surface area contributed by atoms with Crippen molar-refractivity contribution in [2.75, 3.05) is 6.54 Å². The lowest BCUT2D eigenvalue weighted by Crippen LogP contribution is -2.43. The smallest absolute Gasteiger partial charge is 0.251 e. The largest absolute Gasteiger partial charge is 0.466 e. The molecule has 1 aliphatic heterocycles. The molecule has 0 bridgehead atoms. The van der Waals surface area contributed by atoms with Gasteiger partial charge in [0.15, 0.2) is 0 Å². The van der Waals surface area contributed by atoms with Gasteiger partial charge in [-0.3, -0.25) is 4.79 Å². The molecular weight excluding hydrogens is 306 g/mol. The molecule has 1 saturated heterocycles. The molecule has 0 aromatic carbocycles. The normalized spacial score (nSPS) is 18.1. The third-order valence-corrected chi connectivity index (χ3v) is 4.71. The lowest BCUT2D eigenvalue weighted by Gasteiger charge is -2.35. The quantitative estimate of drug-likeness (QED) is 0.836. The van der Waals surface area contributed by atoms with Crippen molar-refractivity contribution in [2.45, 2.75) is 65.3 Å². The maximum Gasteiger partial charge on any atom is 0.251 e. The fourth-order valence-corrected chi connectivity index (χ4v) is 3.42. The Bertz CT molecular complexity index is 704. The summed E-state index contributed by atoms with van der Waals surface area (Å²) in [7, 11) is 0. The molecule has 3 rings (SSSR count). The van der Waals surface area contributed by atoms with Crippen molar-refractivity contribution in [3.8, 4) is 11.5 Å². The Kier molecular flexibility index (Phi) is 5.02. The topological polar surface area (TPSA) is 72.4 Å². The Hall–Kier alpha value is -2.11. The Balaban J connectivity index is 1.61. The summed E-state index contributed by atoms with van der Waals surface area (Å²) in [6, 6.07) is 2.28. The van der Waals surface area contributed by atoms with E-state index in [-0.39, 0.29) is 5.91 Å². The summed E-state index contributed by atoms with van der Waals surface area (Å²) in [5, 5.41) is 8.15. The molecule has 1 unspecified atom stereocenters. The van der Waals surface area contributed by atoms with Gasteiger partial charge >= 0.3 is 0 Å². The second-order valence-electron chi connectivity index (χ2n) is 6.47. The van der Waals surface area contributed by atoms with Crippen molar-refractivity contribution in [2.24, 2.45) is 0 Å². The van der Waals surface area contributed by atoms with Crippen LogP contribution in [0.1, 0.15) is 56.4 Å². The summed E-state index contributed by atoms with van der Waals surface area (Å²) in [6.45, 7) is 6.78. The van der Waals surface area contributed by atoms with Crippen LogP contribution in [0.5, 0.6) is 0 Å². The maximum absolute atomic E-state index is 12.5. The average Bonchev–Trinajstić information content (AvgIpc) is 3.18. The molecule has 0 aliphatic carbocycles. The SMILES string of the molecule is CCC1CCCCN1C(=O)CCc1nnc(-c2cc(C)oc2C)o1. The van der Waals surface area contributed by atoms with Crippen molar-refractivity contribution >= 4 is 5.91 Å². The lowest BCUT2D eigenvalue weighted by molar-refractivity contribution is -0.135. The molecule has 0 N–H and O–H groups in total. The van der Waals surface area contributed by atoms with Crippen LogP contribution in [0.3, 0.4) is 0 Å². The van der Waals surface area contributed by atoms with Crippen LogP contribution in [0.15, 0.2) is 14.9 Å². The number of amides is 1. The van der Waals surface area contributed by atoms with Gasteiger partial charge < -0.3 is 13.7 Å². The first-order valence-electron chi connectivity index (χ1n) is 8.77. The molecule has 1 atom stereocenters. The van der Waals surface area contributed by atoms with E-state index in [1.165, 1.54) is 6.42 Å². The maximum atomic E-state index is 12.5. The summed E-state index contributed by atoms with van der Waals surface area (Å²) in [6.07, 6.45) is 5.36. The summed E-state index contributed by atoms with van der Waals surface area (Å²) in [4.78, 5) is 14.5. The molecule has 1 fully saturated rings. The minimum Gasteiger partial charge on any atom is -0.466 e. The second-order valence-corrected chi connectivity index (χ2v) is 6.47. The van der Waals surface area contributed by atoms with Crippen molar-refractivity contribution < 1.29 is 13.6 Å². The number of carbonyl (C=O) groups excluding carboxylic acids is 1. The number of aromatic nitrogens is 2. The van der Waals surface area contributed by atoms with Crippen LogP contribution in [0.25, 0.3) is 11.5 Å². The van der Waals surface area contributed by atoms with Gasteiger partial charge in [-0.1, -0.05) is 6.92 Å². The molecular formula is C18H25N3O3. The first-order valence-corrected chi connectivity index (χ1v) is 8.77. The van der Waals surface area contributed by atoms with Crippen LogP contribution in [-0.4, -0.2) is 33.6 Å². The first-order chi connectivity index (χ1) is 11.6. The highest BCUT2D eigenvalue weighted by Crippen LogP contribution is 2.26. The third-order valence-electron chi connectivity index (χ3n) is 4.71. The first kappa shape index (κ1) is 16.7. The predicted molar refractivity (Wildman–Crippen MR) is 89.4 cm³/mol. The molecule has 2 aromatic rings. The average molecular weight is 331 g/mol. The number of furan rings is 1. The van der Waals surface area contributed by atoms with Crippen molar-refractivity contribution in [3.63, 3.8) is 0 Å². The van der Waals surface area contributed by atoms with E-state index in [4.69, 9.17) is 8.83 Å². The predicted octanol–water partition coefficient (Wildman–Crippen LogP) is 3.67. The van der Waals surface area contributed by atoms with Crippen LogP contribution in [0, 0.1) is 13.8 Å². The van der Waals surface area contributed by atoms with Crippen molar-refractivity contribution in [1.29, 1.82) is 0 Å². The van der Waals surface area contributed by atoms with Gasteiger partial charge in [-0.15, -0.1) is 10.2 Å². The minimum absolute atomic E-state index is 0.191. The van der Waals surface area contributed by atoms with E-state index in [0.717, 1.165) is 42.9 Å². The molecule has 6 nitrogen and oxygen atoms in total. The van der Waals surface area contributed by atoms with E-state index in [1.54, 1.807) is 0 Å². The van der Waals surface area contributed by atoms with E-state index in [9.17, 15) is 4.79 Å². The van der Waals surface area contributed by atoms with Gasteiger partial charge in [-0.25, -0.2) is 0 Å². The van der Waals surface area contributed by atoms with Gasteiger partial charge in [0, 0.05) is 25.4 Å². The van der Waals surface area contributed by atoms with E-state index < -0.39 is 0 Å². The fraction of sp³-hybridized carbons (Fsp3) is 0.611. The Morgan fingerprint density at radius 3 is 2.83 bits per heavy atom. The summed E-state index contributed by atoms with van der Waals surface area (Å²) in [5.41, 5.74) is 0.819. The summed E-state index contributed by atoms with van der Waals surface area (Å²) in [5.74, 6) is 2.72. The molecule has 6 heteroatoms. The molecule has 0 saturated carbocycles. The van der Waals surface area contributed by atoms with E-state index in [1.807, 2.05) is 24.8 Å². The number of hydrogen-bond donors (Lipinski definition) is 0.